The number of methoxy groups -OCH3 is 1. The minimum atomic E-state index is -3.57. The van der Waals surface area contributed by atoms with Gasteiger partial charge in [0.05, 0.1) is 31.1 Å². The van der Waals surface area contributed by atoms with E-state index >= 15 is 0 Å². The van der Waals surface area contributed by atoms with Crippen LogP contribution in [0.4, 0.5) is 0 Å². The first-order valence-electron chi connectivity index (χ1n) is 11.1. The molecule has 2 aromatic rings. The Morgan fingerprint density at radius 2 is 1.74 bits per heavy atom. The van der Waals surface area contributed by atoms with Crippen molar-refractivity contribution in [3.63, 3.8) is 0 Å². The van der Waals surface area contributed by atoms with Crippen molar-refractivity contribution >= 4 is 28.0 Å². The Balaban J connectivity index is 1.71. The van der Waals surface area contributed by atoms with Crippen molar-refractivity contribution in [1.29, 1.82) is 0 Å². The van der Waals surface area contributed by atoms with Crippen LogP contribution in [-0.4, -0.2) is 69.5 Å². The Morgan fingerprint density at radius 1 is 1.09 bits per heavy atom. The van der Waals surface area contributed by atoms with E-state index in [-0.39, 0.29) is 23.3 Å². The minimum absolute atomic E-state index is 0.204. The van der Waals surface area contributed by atoms with Gasteiger partial charge >= 0.3 is 5.97 Å². The number of hydrogen-bond acceptors (Lipinski definition) is 6. The number of rotatable bonds is 9. The number of carbonyl (C=O) groups is 2. The number of hydrogen-bond donors (Lipinski definition) is 0. The zero-order chi connectivity index (χ0) is 24.6. The van der Waals surface area contributed by atoms with E-state index in [0.717, 1.165) is 5.56 Å². The molecule has 0 saturated carbocycles. The lowest BCUT2D eigenvalue weighted by Crippen LogP contribution is -2.40. The Bertz CT molecular complexity index is 1090. The van der Waals surface area contributed by atoms with Gasteiger partial charge in [-0.1, -0.05) is 49.4 Å². The number of morpholine rings is 1. The second-order valence-corrected chi connectivity index (χ2v) is 9.99. The number of amides is 1. The first-order valence-corrected chi connectivity index (χ1v) is 12.5. The summed E-state index contributed by atoms with van der Waals surface area (Å²) in [5, 5.41) is 0. The molecule has 1 heterocycles. The maximum absolute atomic E-state index is 13.0. The highest BCUT2D eigenvalue weighted by molar-refractivity contribution is 7.89. The molecule has 0 N–H and O–H groups in total. The summed E-state index contributed by atoms with van der Waals surface area (Å²) in [5.41, 5.74) is 1.63. The third-order valence-corrected chi connectivity index (χ3v) is 7.44. The number of nitrogens with zero attached hydrogens (tertiary/aromatic N) is 2. The van der Waals surface area contributed by atoms with E-state index in [1.54, 1.807) is 30.0 Å². The third kappa shape index (κ3) is 6.75. The van der Waals surface area contributed by atoms with Crippen LogP contribution in [0.1, 0.15) is 18.1 Å². The number of ether oxygens (including phenoxy) is 2. The Hall–Kier alpha value is -3.01. The molecule has 0 spiro atoms. The van der Waals surface area contributed by atoms with Crippen molar-refractivity contribution in [1.82, 2.24) is 9.21 Å². The van der Waals surface area contributed by atoms with E-state index in [1.807, 2.05) is 30.3 Å². The van der Waals surface area contributed by atoms with Gasteiger partial charge in [0.15, 0.2) is 0 Å². The molecule has 1 aliphatic rings. The van der Waals surface area contributed by atoms with Gasteiger partial charge in [-0.15, -0.1) is 0 Å². The largest absolute Gasteiger partial charge is 0.469 e. The number of sulfonamides is 1. The highest BCUT2D eigenvalue weighted by Crippen LogP contribution is 2.18. The first-order chi connectivity index (χ1) is 16.3. The molecule has 3 rings (SSSR count). The summed E-state index contributed by atoms with van der Waals surface area (Å²) < 4.78 is 37.0. The van der Waals surface area contributed by atoms with Crippen LogP contribution < -0.4 is 0 Å². The predicted octanol–water partition coefficient (Wildman–Crippen LogP) is 2.56. The lowest BCUT2D eigenvalue weighted by atomic mass is 10.1. The van der Waals surface area contributed by atoms with Crippen molar-refractivity contribution in [3.05, 3.63) is 71.8 Å². The summed E-state index contributed by atoms with van der Waals surface area (Å²) in [6.45, 7) is 3.71. The molecule has 8 nitrogen and oxygen atoms in total. The molecule has 2 aromatic carbocycles. The summed E-state index contributed by atoms with van der Waals surface area (Å²) in [6.07, 6.45) is 3.06. The van der Waals surface area contributed by atoms with E-state index in [0.29, 0.717) is 38.4 Å². The number of esters is 1. The van der Waals surface area contributed by atoms with Crippen molar-refractivity contribution in [2.24, 2.45) is 5.92 Å². The third-order valence-electron chi connectivity index (χ3n) is 5.53. The summed E-state index contributed by atoms with van der Waals surface area (Å²) in [5.74, 6) is -1.12. The van der Waals surface area contributed by atoms with E-state index in [4.69, 9.17) is 9.47 Å². The first kappa shape index (κ1) is 25.6. The van der Waals surface area contributed by atoms with Crippen LogP contribution in [0.2, 0.25) is 0 Å². The van der Waals surface area contributed by atoms with Gasteiger partial charge in [-0.25, -0.2) is 8.42 Å². The van der Waals surface area contributed by atoms with Gasteiger partial charge < -0.3 is 14.4 Å². The molecule has 182 valence electrons. The van der Waals surface area contributed by atoms with Gasteiger partial charge in [0.2, 0.25) is 15.9 Å². The molecule has 9 heteroatoms. The zero-order valence-corrected chi connectivity index (χ0v) is 20.2. The van der Waals surface area contributed by atoms with Crippen LogP contribution >= 0.6 is 0 Å². The van der Waals surface area contributed by atoms with Crippen LogP contribution in [0.5, 0.6) is 0 Å². The van der Waals surface area contributed by atoms with Crippen molar-refractivity contribution in [2.45, 2.75) is 18.4 Å². The highest BCUT2D eigenvalue weighted by Gasteiger charge is 2.26. The van der Waals surface area contributed by atoms with Crippen molar-refractivity contribution in [2.75, 3.05) is 40.0 Å². The highest BCUT2D eigenvalue weighted by atomic mass is 32.2. The van der Waals surface area contributed by atoms with Crippen LogP contribution in [-0.2, 0) is 35.6 Å². The van der Waals surface area contributed by atoms with Gasteiger partial charge in [0.1, 0.15) is 0 Å². The number of benzene rings is 2. The van der Waals surface area contributed by atoms with Gasteiger partial charge in [0.25, 0.3) is 0 Å². The monoisotopic (exact) mass is 486 g/mol. The van der Waals surface area contributed by atoms with Gasteiger partial charge in [-0.05, 0) is 29.3 Å². The maximum Gasteiger partial charge on any atom is 0.310 e. The minimum Gasteiger partial charge on any atom is -0.469 e. The maximum atomic E-state index is 13.0. The molecule has 1 unspecified atom stereocenters. The summed E-state index contributed by atoms with van der Waals surface area (Å²) in [7, 11) is -2.25. The standard InChI is InChI=1S/C25H30N2O6S/c1-20(25(29)32-2)18-26(19-22-6-4-3-5-7-22)24(28)13-10-21-8-11-23(12-9-21)34(30,31)27-14-16-33-17-15-27/h3-13,20H,14-19H2,1-2H3/b13-10+. The van der Waals surface area contributed by atoms with Gasteiger partial charge in [-0.2, -0.15) is 4.31 Å². The second kappa shape index (κ2) is 11.9. The smallest absolute Gasteiger partial charge is 0.310 e. The SMILES string of the molecule is COC(=O)C(C)CN(Cc1ccccc1)C(=O)/C=C/c1ccc(S(=O)(=O)N2CCOCC2)cc1. The fraction of sp³-hybridized carbons (Fsp3) is 0.360. The quantitative estimate of drug-likeness (QED) is 0.400. The summed E-state index contributed by atoms with van der Waals surface area (Å²) in [4.78, 5) is 26.7. The van der Waals surface area contributed by atoms with Crippen LogP contribution in [0.25, 0.3) is 6.08 Å². The van der Waals surface area contributed by atoms with Gasteiger partial charge in [-0.3, -0.25) is 9.59 Å². The van der Waals surface area contributed by atoms with Crippen molar-refractivity contribution in [3.8, 4) is 0 Å². The molecule has 1 amide bonds. The summed E-state index contributed by atoms with van der Waals surface area (Å²) >= 11 is 0. The molecule has 1 saturated heterocycles. The second-order valence-electron chi connectivity index (χ2n) is 8.05. The van der Waals surface area contributed by atoms with E-state index in [1.165, 1.54) is 29.6 Å². The Kier molecular flexibility index (Phi) is 8.98. The van der Waals surface area contributed by atoms with E-state index < -0.39 is 15.9 Å². The molecule has 34 heavy (non-hydrogen) atoms. The summed E-state index contributed by atoms with van der Waals surface area (Å²) in [6, 6.07) is 15.9. The molecular weight excluding hydrogens is 456 g/mol. The molecule has 1 fully saturated rings. The normalized spacial score (nSPS) is 15.7. The van der Waals surface area contributed by atoms with Crippen molar-refractivity contribution < 1.29 is 27.5 Å². The molecule has 1 aliphatic heterocycles. The molecule has 0 radical (unpaired) electrons. The van der Waals surface area contributed by atoms with Crippen LogP contribution in [0, 0.1) is 5.92 Å². The fourth-order valence-electron chi connectivity index (χ4n) is 3.60. The zero-order valence-electron chi connectivity index (χ0n) is 19.4. The van der Waals surface area contributed by atoms with Crippen LogP contribution in [0.15, 0.2) is 65.6 Å². The Morgan fingerprint density at radius 3 is 2.35 bits per heavy atom. The lowest BCUT2D eigenvalue weighted by Gasteiger charge is -2.26. The Labute approximate surface area is 200 Å². The molecule has 0 bridgehead atoms. The average Bonchev–Trinajstić information content (AvgIpc) is 2.87. The van der Waals surface area contributed by atoms with E-state index in [2.05, 4.69) is 0 Å². The number of carbonyl (C=O) groups excluding carboxylic acids is 2. The molecular formula is C25H30N2O6S. The van der Waals surface area contributed by atoms with Gasteiger partial charge in [0, 0.05) is 32.3 Å². The van der Waals surface area contributed by atoms with E-state index in [9.17, 15) is 18.0 Å². The molecule has 1 atom stereocenters. The fourth-order valence-corrected chi connectivity index (χ4v) is 5.01. The topological polar surface area (TPSA) is 93.2 Å². The predicted molar refractivity (Wildman–Crippen MR) is 128 cm³/mol. The molecule has 0 aromatic heterocycles. The lowest BCUT2D eigenvalue weighted by molar-refractivity contribution is -0.146. The molecule has 0 aliphatic carbocycles. The average molecular weight is 487 g/mol. The van der Waals surface area contributed by atoms with Crippen LogP contribution in [0.3, 0.4) is 0 Å².